The SMILES string of the molecule is CCCCC.COC1CN([C@H]2CCOC(C)C2O)CCO1.COc1cccc2c1C(=O)c1c(O)c3c(c(O)c1C2=O)CC(O)(C(=O)N1CC(CN2CC(NC(=O)C(C)NC(=O)[C@H](C)NC(=O)CCN4C(=O)C=C(S)C4=O)C2)C1)CC3O. The molecule has 6 amide bonds. The summed E-state index contributed by atoms with van der Waals surface area (Å²) in [6.07, 6.45) is 2.40. The molecule has 2 aliphatic carbocycles. The van der Waals surface area contributed by atoms with Crippen LogP contribution in [0.2, 0.25) is 0 Å². The Kier molecular flexibility index (Phi) is 20.8. The van der Waals surface area contributed by atoms with Crippen molar-refractivity contribution in [3.8, 4) is 17.2 Å². The lowest BCUT2D eigenvalue weighted by molar-refractivity contribution is -0.190. The number of fused-ring (bicyclic) bond motifs is 3. The molecule has 4 saturated heterocycles. The van der Waals surface area contributed by atoms with Crippen molar-refractivity contribution in [3.63, 3.8) is 0 Å². The van der Waals surface area contributed by atoms with Crippen molar-refractivity contribution in [1.82, 2.24) is 35.6 Å². The van der Waals surface area contributed by atoms with Gasteiger partial charge >= 0.3 is 0 Å². The first-order valence-corrected chi connectivity index (χ1v) is 28.1. The van der Waals surface area contributed by atoms with Crippen LogP contribution in [0.5, 0.6) is 17.2 Å². The van der Waals surface area contributed by atoms with Gasteiger partial charge in [-0.2, -0.15) is 0 Å². The lowest BCUT2D eigenvalue weighted by Crippen LogP contribution is -2.66. The van der Waals surface area contributed by atoms with Crippen LogP contribution in [0.1, 0.15) is 122 Å². The Morgan fingerprint density at radius 1 is 0.877 bits per heavy atom. The summed E-state index contributed by atoms with van der Waals surface area (Å²) in [5.41, 5.74) is -3.77. The molecule has 0 bridgehead atoms. The highest BCUT2D eigenvalue weighted by Crippen LogP contribution is 2.51. The van der Waals surface area contributed by atoms with Crippen molar-refractivity contribution in [2.45, 2.75) is 134 Å². The number of ether oxygens (including phenoxy) is 4. The number of hydrogen-bond donors (Lipinski definition) is 9. The van der Waals surface area contributed by atoms with Crippen LogP contribution < -0.4 is 20.7 Å². The lowest BCUT2D eigenvalue weighted by atomic mass is 9.72. The molecule has 5 heterocycles. The van der Waals surface area contributed by atoms with E-state index in [1.165, 1.54) is 63.3 Å². The summed E-state index contributed by atoms with van der Waals surface area (Å²) in [5.74, 6) is -6.35. The molecule has 7 aliphatic rings. The number of thiol groups is 1. The normalized spacial score (nSPS) is 25.5. The van der Waals surface area contributed by atoms with Crippen LogP contribution >= 0.6 is 12.6 Å². The van der Waals surface area contributed by atoms with Crippen LogP contribution in [0.3, 0.4) is 0 Å². The number of nitrogens with one attached hydrogen (secondary N) is 3. The number of methoxy groups -OCH3 is 2. The van der Waals surface area contributed by atoms with Gasteiger partial charge in [0, 0.05) is 120 Å². The number of carbonyl (C=O) groups excluding carboxylic acids is 8. The van der Waals surface area contributed by atoms with Gasteiger partial charge in [0.25, 0.3) is 17.7 Å². The highest BCUT2D eigenvalue weighted by Gasteiger charge is 2.52. The zero-order chi connectivity index (χ0) is 59.2. The molecule has 0 aromatic heterocycles. The number of ketones is 2. The predicted molar refractivity (Wildman–Crippen MR) is 293 cm³/mol. The number of morpholine rings is 1. The van der Waals surface area contributed by atoms with Crippen LogP contribution in [0, 0.1) is 5.92 Å². The van der Waals surface area contributed by atoms with Gasteiger partial charge in [-0.05, 0) is 33.3 Å². The molecule has 4 fully saturated rings. The number of carbonyl (C=O) groups is 8. The Morgan fingerprint density at radius 2 is 1.56 bits per heavy atom. The van der Waals surface area contributed by atoms with Gasteiger partial charge in [-0.1, -0.05) is 45.2 Å². The Morgan fingerprint density at radius 3 is 2.19 bits per heavy atom. The number of benzene rings is 2. The molecule has 9 rings (SSSR count). The highest BCUT2D eigenvalue weighted by atomic mass is 32.1. The van der Waals surface area contributed by atoms with E-state index in [1.54, 1.807) is 7.11 Å². The number of rotatable bonds is 16. The fourth-order valence-corrected chi connectivity index (χ4v) is 11.5. The van der Waals surface area contributed by atoms with E-state index < -0.39 is 112 Å². The number of phenols is 2. The fraction of sp³-hybridized carbons (Fsp3) is 0.607. The maximum absolute atomic E-state index is 13.7. The molecule has 8 N–H and O–H groups in total. The summed E-state index contributed by atoms with van der Waals surface area (Å²) < 4.78 is 21.3. The maximum Gasteiger partial charge on any atom is 0.267 e. The van der Waals surface area contributed by atoms with Crippen LogP contribution in [-0.4, -0.2) is 220 Å². The van der Waals surface area contributed by atoms with E-state index in [0.717, 1.165) is 37.1 Å². The van der Waals surface area contributed by atoms with Gasteiger partial charge in [-0.3, -0.25) is 53.1 Å². The van der Waals surface area contributed by atoms with Crippen LogP contribution in [0.15, 0.2) is 29.2 Å². The van der Waals surface area contributed by atoms with Crippen molar-refractivity contribution >= 4 is 59.6 Å². The molecule has 6 unspecified atom stereocenters. The number of unbranched alkanes of at least 4 members (excludes halogenated alkanes) is 2. The van der Waals surface area contributed by atoms with Crippen molar-refractivity contribution in [2.24, 2.45) is 5.92 Å². The Bertz CT molecular complexity index is 2770. The summed E-state index contributed by atoms with van der Waals surface area (Å²) in [6.45, 7) is 14.2. The fourth-order valence-electron chi connectivity index (χ4n) is 11.2. The summed E-state index contributed by atoms with van der Waals surface area (Å²) in [4.78, 5) is 109. The highest BCUT2D eigenvalue weighted by molar-refractivity contribution is 7.85. The lowest BCUT2D eigenvalue weighted by Gasteiger charge is -2.49. The topological polar surface area (TPSA) is 324 Å². The van der Waals surface area contributed by atoms with Crippen LogP contribution in [0.25, 0.3) is 0 Å². The van der Waals surface area contributed by atoms with E-state index in [4.69, 9.17) is 18.9 Å². The minimum absolute atomic E-state index is 0.0233. The third-order valence-corrected chi connectivity index (χ3v) is 16.1. The monoisotopic (exact) mass is 1150 g/mol. The minimum Gasteiger partial charge on any atom is -0.507 e. The Labute approximate surface area is 475 Å². The second-order valence-electron chi connectivity index (χ2n) is 21.7. The molecule has 0 saturated carbocycles. The largest absolute Gasteiger partial charge is 0.507 e. The first kappa shape index (κ1) is 62.6. The van der Waals surface area contributed by atoms with Crippen molar-refractivity contribution in [2.75, 3.05) is 79.8 Å². The summed E-state index contributed by atoms with van der Waals surface area (Å²) in [7, 11) is 2.97. The Balaban J connectivity index is 0.000000376. The molecule has 444 valence electrons. The van der Waals surface area contributed by atoms with Gasteiger partial charge in [0.1, 0.15) is 34.9 Å². The van der Waals surface area contributed by atoms with Crippen LogP contribution in [0.4, 0.5) is 0 Å². The van der Waals surface area contributed by atoms with E-state index in [1.807, 2.05) is 6.92 Å². The van der Waals surface area contributed by atoms with Gasteiger partial charge in [0.15, 0.2) is 12.1 Å². The molecule has 81 heavy (non-hydrogen) atoms. The number of nitrogens with zero attached hydrogens (tertiary/aromatic N) is 4. The molecule has 8 atom stereocenters. The average molecular weight is 1150 g/mol. The average Bonchev–Trinajstić information content (AvgIpc) is 2.76. The number of aromatic hydroxyl groups is 2. The molecule has 0 radical (unpaired) electrons. The minimum atomic E-state index is -2.19. The third kappa shape index (κ3) is 13.7. The quantitative estimate of drug-likeness (QED) is 0.0535. The molecule has 2 aromatic rings. The Hall–Kier alpha value is -6.03. The summed E-state index contributed by atoms with van der Waals surface area (Å²) in [6, 6.07) is 2.40. The second kappa shape index (κ2) is 26.9. The van der Waals surface area contributed by atoms with Crippen molar-refractivity contribution in [3.05, 3.63) is 62.6 Å². The molecule has 2 aromatic carbocycles. The van der Waals surface area contributed by atoms with Gasteiger partial charge in [0.05, 0.1) is 59.7 Å². The third-order valence-electron chi connectivity index (χ3n) is 15.8. The number of likely N-dealkylation sites (tertiary alicyclic amines) is 2. The van der Waals surface area contributed by atoms with Gasteiger partial charge in [0.2, 0.25) is 23.5 Å². The molecule has 5 aliphatic heterocycles. The zero-order valence-corrected chi connectivity index (χ0v) is 47.8. The van der Waals surface area contributed by atoms with Gasteiger partial charge in [-0.25, -0.2) is 0 Å². The van der Waals surface area contributed by atoms with E-state index in [9.17, 15) is 63.9 Å². The van der Waals surface area contributed by atoms with E-state index in [0.29, 0.717) is 26.2 Å². The molecular formula is C56H77N7O17S. The number of hydrogen-bond acceptors (Lipinski definition) is 20. The standard InChI is InChI=1S/C40H44N6O13S.C11H21NO4.C5H12/c1-17(41-26(48)7-8-46-27(49)9-25(60)38(46)56)36(54)42-18(2)37(55)43-20-15-44(16-20)12-19-13-45(14-19)39(57)40(58)10-22-28(23(47)11-40)34(52)31-30(33(22)51)32(50)21-5-4-6-24(59-3)29(21)35(31)53;1-8-11(13)9(3-5-15-8)12-4-6-16-10(7-12)14-2;1-3-5-4-2/h4-6,9,17-20,23,47,51-52,58,60H,7-8,10-16H2,1-3H3,(H,41,48)(H,42,54)(H,43,55);8-11,13H,3-7H2,1-2H3;3-5H2,1-2H3/t17-,18?,23?,40?;8?,9-,10?,11?;/m00./s1. The number of aliphatic hydroxyl groups is 3. The number of phenolic OH excluding ortho intramolecular Hbond substituents is 2. The number of amides is 6. The second-order valence-corrected chi connectivity index (χ2v) is 22.2. The molecule has 24 nitrogen and oxygen atoms in total. The number of aliphatic hydroxyl groups excluding tert-OH is 2. The van der Waals surface area contributed by atoms with E-state index >= 15 is 0 Å². The molecule has 25 heteroatoms. The summed E-state index contributed by atoms with van der Waals surface area (Å²) >= 11 is 3.91. The maximum atomic E-state index is 13.7. The summed E-state index contributed by atoms with van der Waals surface area (Å²) in [5, 5.41) is 63.4. The van der Waals surface area contributed by atoms with E-state index in [-0.39, 0.29) is 89.4 Å². The smallest absolute Gasteiger partial charge is 0.267 e. The zero-order valence-electron chi connectivity index (χ0n) is 46.9. The van der Waals surface area contributed by atoms with Crippen molar-refractivity contribution in [1.29, 1.82) is 0 Å². The predicted octanol–water partition coefficient (Wildman–Crippen LogP) is 0.459. The number of imide groups is 1. The van der Waals surface area contributed by atoms with E-state index in [2.05, 4.69) is 52.2 Å². The molecule has 0 spiro atoms. The van der Waals surface area contributed by atoms with Gasteiger partial charge in [-0.15, -0.1) is 12.6 Å². The van der Waals surface area contributed by atoms with Crippen LogP contribution in [-0.2, 0) is 49.4 Å². The van der Waals surface area contributed by atoms with Crippen molar-refractivity contribution < 1.29 is 82.8 Å². The first-order valence-electron chi connectivity index (χ1n) is 27.6. The first-order chi connectivity index (χ1) is 38.5. The van der Waals surface area contributed by atoms with Gasteiger partial charge < -0.3 is 65.3 Å². The molecular weight excluding hydrogens is 1070 g/mol.